The van der Waals surface area contributed by atoms with Crippen molar-refractivity contribution >= 4 is 28.7 Å². The number of nitriles is 1. The van der Waals surface area contributed by atoms with Crippen LogP contribution in [0.15, 0.2) is 36.7 Å². The van der Waals surface area contributed by atoms with Crippen LogP contribution in [0.3, 0.4) is 0 Å². The Balaban J connectivity index is 1.64. The summed E-state index contributed by atoms with van der Waals surface area (Å²) in [5, 5.41) is 13.5. The minimum Gasteiger partial charge on any atom is -0.381 e. The Kier molecular flexibility index (Phi) is 5.63. The summed E-state index contributed by atoms with van der Waals surface area (Å²) in [5.74, 6) is 0.274. The van der Waals surface area contributed by atoms with Crippen molar-refractivity contribution in [2.45, 2.75) is 44.3 Å². The van der Waals surface area contributed by atoms with Crippen LogP contribution in [0.25, 0.3) is 16.8 Å². The van der Waals surface area contributed by atoms with Crippen molar-refractivity contribution < 1.29 is 18.0 Å². The zero-order valence-electron chi connectivity index (χ0n) is 16.3. The first-order valence-corrected chi connectivity index (χ1v) is 10.2. The van der Waals surface area contributed by atoms with Gasteiger partial charge in [0.1, 0.15) is 17.4 Å². The molecule has 1 aromatic carbocycles. The minimum absolute atomic E-state index is 0.0332. The van der Waals surface area contributed by atoms with Gasteiger partial charge < -0.3 is 9.72 Å². The molecule has 1 N–H and O–H groups in total. The summed E-state index contributed by atoms with van der Waals surface area (Å²) in [6.45, 7) is 0. The summed E-state index contributed by atoms with van der Waals surface area (Å²) >= 11 is 6.46. The number of nitrogens with one attached hydrogen (secondary N) is 1. The topological polar surface area (TPSA) is 70.2 Å². The molecule has 0 spiro atoms. The maximum atomic E-state index is 12.8. The van der Waals surface area contributed by atoms with E-state index in [9.17, 15) is 23.2 Å². The molecule has 4 rings (SSSR count). The Morgan fingerprint density at radius 2 is 2.00 bits per heavy atom. The van der Waals surface area contributed by atoms with Crippen molar-refractivity contribution in [3.8, 4) is 17.2 Å². The average molecular weight is 447 g/mol. The van der Waals surface area contributed by atoms with E-state index in [1.807, 2.05) is 0 Å². The van der Waals surface area contributed by atoms with Gasteiger partial charge in [-0.05, 0) is 36.6 Å². The first-order valence-electron chi connectivity index (χ1n) is 9.79. The molecular formula is C22H18ClF3N4O. The number of carbonyl (C=O) groups excluding carboxylic acids is 1. The molecule has 0 radical (unpaired) electrons. The van der Waals surface area contributed by atoms with E-state index in [1.54, 1.807) is 24.3 Å². The fourth-order valence-electron chi connectivity index (χ4n) is 3.89. The van der Waals surface area contributed by atoms with Crippen molar-refractivity contribution in [3.05, 3.63) is 52.9 Å². The maximum absolute atomic E-state index is 12.8. The van der Waals surface area contributed by atoms with Gasteiger partial charge in [0.15, 0.2) is 5.65 Å². The van der Waals surface area contributed by atoms with Gasteiger partial charge in [-0.2, -0.15) is 18.4 Å². The molecule has 3 aromatic rings. The number of hydrogen-bond donors (Lipinski definition) is 1. The monoisotopic (exact) mass is 446 g/mol. The second kappa shape index (κ2) is 8.23. The van der Waals surface area contributed by atoms with Gasteiger partial charge in [-0.25, -0.2) is 4.98 Å². The highest BCUT2D eigenvalue weighted by Gasteiger charge is 2.30. The lowest BCUT2D eigenvalue weighted by Gasteiger charge is -2.24. The van der Waals surface area contributed by atoms with Gasteiger partial charge in [-0.15, -0.1) is 0 Å². The number of carbonyl (C=O) groups is 1. The molecular weight excluding hydrogens is 429 g/mol. The second-order valence-electron chi connectivity index (χ2n) is 7.60. The number of nitrogens with zero attached hydrogens (tertiary/aromatic N) is 3. The van der Waals surface area contributed by atoms with E-state index in [4.69, 9.17) is 11.6 Å². The van der Waals surface area contributed by atoms with Gasteiger partial charge in [0.2, 0.25) is 0 Å². The summed E-state index contributed by atoms with van der Waals surface area (Å²) in [6, 6.07) is 9.15. The number of ketones is 1. The quantitative estimate of drug-likeness (QED) is 0.570. The number of rotatable bonds is 4. The molecule has 0 bridgehead atoms. The fourth-order valence-corrected chi connectivity index (χ4v) is 4.13. The second-order valence-corrected chi connectivity index (χ2v) is 8.01. The normalized spacial score (nSPS) is 15.3. The largest absolute Gasteiger partial charge is 0.394 e. The summed E-state index contributed by atoms with van der Waals surface area (Å²) in [6.07, 6.45) is -0.250. The zero-order chi connectivity index (χ0) is 22.2. The molecule has 0 amide bonds. The number of aromatic nitrogens is 2. The standard InChI is InChI=1S/C22H18ClF3N4O/c23-19-9-13(1-6-20(19)29-14-2-4-16(31)5-3-14)17-7-8-30-15(10-22(24,25)26)12-28-21(30)18(17)11-27/h1,6-9,12,14,29H,2-5,10H2. The van der Waals surface area contributed by atoms with Crippen LogP contribution >= 0.6 is 11.6 Å². The Hall–Kier alpha value is -3.05. The third kappa shape index (κ3) is 4.52. The van der Waals surface area contributed by atoms with Crippen LogP contribution in [0.4, 0.5) is 18.9 Å². The van der Waals surface area contributed by atoms with Gasteiger partial charge in [-0.3, -0.25) is 4.79 Å². The number of Topliss-reactive ketones (excluding diaryl/α,β-unsaturated/α-hetero) is 1. The molecule has 1 saturated carbocycles. The Morgan fingerprint density at radius 1 is 1.26 bits per heavy atom. The number of benzene rings is 1. The van der Waals surface area contributed by atoms with Gasteiger partial charge in [0.25, 0.3) is 0 Å². The molecule has 2 heterocycles. The third-order valence-electron chi connectivity index (χ3n) is 5.43. The number of pyridine rings is 1. The lowest BCUT2D eigenvalue weighted by atomic mass is 9.94. The highest BCUT2D eigenvalue weighted by Crippen LogP contribution is 2.34. The van der Waals surface area contributed by atoms with Gasteiger partial charge in [-0.1, -0.05) is 17.7 Å². The fraction of sp³-hybridized carbons (Fsp3) is 0.318. The molecule has 160 valence electrons. The van der Waals surface area contributed by atoms with Crippen molar-refractivity contribution in [2.24, 2.45) is 0 Å². The molecule has 1 aliphatic carbocycles. The lowest BCUT2D eigenvalue weighted by Crippen LogP contribution is -2.26. The maximum Gasteiger partial charge on any atom is 0.394 e. The first kappa shape index (κ1) is 21.2. The Bertz CT molecular complexity index is 1190. The molecule has 31 heavy (non-hydrogen) atoms. The van der Waals surface area contributed by atoms with Crippen molar-refractivity contribution in [1.29, 1.82) is 5.26 Å². The number of anilines is 1. The molecule has 9 heteroatoms. The predicted octanol–water partition coefficient (Wildman–Crippen LogP) is 5.55. The van der Waals surface area contributed by atoms with Crippen molar-refractivity contribution in [3.63, 3.8) is 0 Å². The van der Waals surface area contributed by atoms with Gasteiger partial charge in [0.05, 0.1) is 22.8 Å². The van der Waals surface area contributed by atoms with Crippen molar-refractivity contribution in [2.75, 3.05) is 5.32 Å². The molecule has 1 fully saturated rings. The summed E-state index contributed by atoms with van der Waals surface area (Å²) in [4.78, 5) is 15.5. The lowest BCUT2D eigenvalue weighted by molar-refractivity contribution is -0.128. The molecule has 5 nitrogen and oxygen atoms in total. The van der Waals surface area contributed by atoms with E-state index < -0.39 is 12.6 Å². The van der Waals surface area contributed by atoms with E-state index in [0.29, 0.717) is 29.0 Å². The first-order chi connectivity index (χ1) is 14.7. The van der Waals surface area contributed by atoms with Crippen molar-refractivity contribution in [1.82, 2.24) is 9.38 Å². The zero-order valence-corrected chi connectivity index (χ0v) is 17.1. The number of fused-ring (bicyclic) bond motifs is 1. The van der Waals surface area contributed by atoms with Crippen LogP contribution in [0.1, 0.15) is 36.9 Å². The van der Waals surface area contributed by atoms with E-state index in [-0.39, 0.29) is 28.7 Å². The van der Waals surface area contributed by atoms with Crippen LogP contribution in [-0.4, -0.2) is 27.4 Å². The van der Waals surface area contributed by atoms with Gasteiger partial charge in [0, 0.05) is 36.8 Å². The van der Waals surface area contributed by atoms with E-state index >= 15 is 0 Å². The molecule has 0 saturated heterocycles. The summed E-state index contributed by atoms with van der Waals surface area (Å²) in [7, 11) is 0. The summed E-state index contributed by atoms with van der Waals surface area (Å²) < 4.78 is 39.7. The van der Waals surface area contributed by atoms with Gasteiger partial charge >= 0.3 is 6.18 Å². The SMILES string of the molecule is N#Cc1c(-c2ccc(NC3CCC(=O)CC3)c(Cl)c2)ccn2c(CC(F)(F)F)cnc12. The van der Waals surface area contributed by atoms with Crippen LogP contribution in [0.2, 0.25) is 5.02 Å². The van der Waals surface area contributed by atoms with Crippen LogP contribution < -0.4 is 5.32 Å². The average Bonchev–Trinajstić information content (AvgIpc) is 3.11. The highest BCUT2D eigenvalue weighted by atomic mass is 35.5. The van der Waals surface area contributed by atoms with E-state index in [2.05, 4.69) is 16.4 Å². The molecule has 0 atom stereocenters. The summed E-state index contributed by atoms with van der Waals surface area (Å²) in [5.41, 5.74) is 2.25. The Morgan fingerprint density at radius 3 is 2.65 bits per heavy atom. The minimum atomic E-state index is -4.37. The van der Waals surface area contributed by atoms with E-state index in [1.165, 1.54) is 10.6 Å². The smallest absolute Gasteiger partial charge is 0.381 e. The number of hydrogen-bond acceptors (Lipinski definition) is 4. The van der Waals surface area contributed by atoms with Crippen LogP contribution in [-0.2, 0) is 11.2 Å². The number of halogens is 4. The molecule has 0 unspecified atom stereocenters. The number of alkyl halides is 3. The number of imidazole rings is 1. The highest BCUT2D eigenvalue weighted by molar-refractivity contribution is 6.33. The predicted molar refractivity (Wildman–Crippen MR) is 111 cm³/mol. The Labute approximate surface area is 181 Å². The third-order valence-corrected chi connectivity index (χ3v) is 5.75. The molecule has 1 aliphatic rings. The van der Waals surface area contributed by atoms with Crippen LogP contribution in [0.5, 0.6) is 0 Å². The molecule has 0 aliphatic heterocycles. The van der Waals surface area contributed by atoms with Crippen LogP contribution in [0, 0.1) is 11.3 Å². The molecule has 2 aromatic heterocycles. The van der Waals surface area contributed by atoms with E-state index in [0.717, 1.165) is 24.7 Å².